The van der Waals surface area contributed by atoms with E-state index in [-0.39, 0.29) is 17.3 Å². The summed E-state index contributed by atoms with van der Waals surface area (Å²) in [5.41, 5.74) is 2.87. The Balaban J connectivity index is 2.19. The summed E-state index contributed by atoms with van der Waals surface area (Å²) in [5, 5.41) is 2.59. The van der Waals surface area contributed by atoms with Gasteiger partial charge < -0.3 is 10.1 Å². The summed E-state index contributed by atoms with van der Waals surface area (Å²) < 4.78 is 32.9. The van der Waals surface area contributed by atoms with Gasteiger partial charge in [0.25, 0.3) is 0 Å². The van der Waals surface area contributed by atoms with Gasteiger partial charge in [-0.2, -0.15) is 0 Å². The molecule has 0 radical (unpaired) electrons. The fourth-order valence-corrected chi connectivity index (χ4v) is 3.71. The van der Waals surface area contributed by atoms with Crippen molar-refractivity contribution in [2.45, 2.75) is 31.9 Å². The van der Waals surface area contributed by atoms with Crippen LogP contribution in [0.4, 0.5) is 5.69 Å². The average Bonchev–Trinajstić information content (AvgIpc) is 2.55. The largest absolute Gasteiger partial charge is 0.380 e. The Kier molecular flexibility index (Phi) is 6.30. The normalized spacial score (nSPS) is 11.3. The van der Waals surface area contributed by atoms with Crippen LogP contribution in [0, 0.1) is 6.92 Å². The molecule has 0 bridgehead atoms. The standard InChI is InChI=1S/C18H22N2O4S/c1-13-7-8-17(20-14(2)21)10-18(13)25(22,23)19-11-15-5-4-6-16(9-15)12-24-3/h4-10,19H,11-12H2,1-3H3,(H,20,21). The van der Waals surface area contributed by atoms with Crippen LogP contribution >= 0.6 is 0 Å². The molecule has 7 heteroatoms. The lowest BCUT2D eigenvalue weighted by atomic mass is 10.1. The first-order valence-electron chi connectivity index (χ1n) is 7.76. The number of methoxy groups -OCH3 is 1. The van der Waals surface area contributed by atoms with Gasteiger partial charge in [-0.1, -0.05) is 30.3 Å². The minimum atomic E-state index is -3.71. The second-order valence-corrected chi connectivity index (χ2v) is 7.47. The second-order valence-electron chi connectivity index (χ2n) is 5.74. The monoisotopic (exact) mass is 362 g/mol. The maximum atomic E-state index is 12.6. The number of hydrogen-bond donors (Lipinski definition) is 2. The highest BCUT2D eigenvalue weighted by Gasteiger charge is 2.17. The lowest BCUT2D eigenvalue weighted by Gasteiger charge is -2.12. The molecule has 0 aliphatic rings. The minimum Gasteiger partial charge on any atom is -0.380 e. The molecule has 0 aliphatic heterocycles. The molecule has 25 heavy (non-hydrogen) atoms. The smallest absolute Gasteiger partial charge is 0.241 e. The molecule has 2 N–H and O–H groups in total. The third-order valence-electron chi connectivity index (χ3n) is 3.57. The van der Waals surface area contributed by atoms with Crippen LogP contribution in [0.25, 0.3) is 0 Å². The van der Waals surface area contributed by atoms with E-state index >= 15 is 0 Å². The van der Waals surface area contributed by atoms with Crippen LogP contribution in [0.1, 0.15) is 23.6 Å². The third kappa shape index (κ3) is 5.38. The van der Waals surface area contributed by atoms with Gasteiger partial charge in [-0.05, 0) is 35.7 Å². The number of carbonyl (C=O) groups is 1. The topological polar surface area (TPSA) is 84.5 Å². The molecule has 0 unspecified atom stereocenters. The first-order chi connectivity index (χ1) is 11.8. The van der Waals surface area contributed by atoms with Crippen LogP contribution in [-0.2, 0) is 32.7 Å². The van der Waals surface area contributed by atoms with Crippen LogP contribution in [0.3, 0.4) is 0 Å². The van der Waals surface area contributed by atoms with E-state index in [1.807, 2.05) is 24.3 Å². The van der Waals surface area contributed by atoms with Crippen molar-refractivity contribution in [3.63, 3.8) is 0 Å². The highest BCUT2D eigenvalue weighted by atomic mass is 32.2. The average molecular weight is 362 g/mol. The molecule has 0 fully saturated rings. The molecular formula is C18H22N2O4S. The molecule has 134 valence electrons. The zero-order valence-electron chi connectivity index (χ0n) is 14.5. The Labute approximate surface area is 148 Å². The van der Waals surface area contributed by atoms with E-state index in [1.165, 1.54) is 13.0 Å². The summed E-state index contributed by atoms with van der Waals surface area (Å²) in [5.74, 6) is -0.255. The van der Waals surface area contributed by atoms with Crippen LogP contribution in [0.5, 0.6) is 0 Å². The van der Waals surface area contributed by atoms with E-state index < -0.39 is 10.0 Å². The predicted molar refractivity (Wildman–Crippen MR) is 96.7 cm³/mol. The molecule has 0 atom stereocenters. The zero-order chi connectivity index (χ0) is 18.4. The molecule has 2 aromatic rings. The number of amides is 1. The Hall–Kier alpha value is -2.22. The Morgan fingerprint density at radius 2 is 1.84 bits per heavy atom. The third-order valence-corrected chi connectivity index (χ3v) is 5.11. The first kappa shape index (κ1) is 19.1. The lowest BCUT2D eigenvalue weighted by molar-refractivity contribution is -0.114. The van der Waals surface area contributed by atoms with E-state index in [0.717, 1.165) is 11.1 Å². The Morgan fingerprint density at radius 3 is 2.52 bits per heavy atom. The van der Waals surface area contributed by atoms with Crippen LogP contribution in [0.2, 0.25) is 0 Å². The summed E-state index contributed by atoms with van der Waals surface area (Å²) in [6.07, 6.45) is 0. The molecule has 0 saturated carbocycles. The van der Waals surface area contributed by atoms with E-state index in [9.17, 15) is 13.2 Å². The number of carbonyl (C=O) groups excluding carboxylic acids is 1. The highest BCUT2D eigenvalue weighted by Crippen LogP contribution is 2.20. The van der Waals surface area contributed by atoms with Crippen molar-refractivity contribution in [2.24, 2.45) is 0 Å². The maximum absolute atomic E-state index is 12.6. The summed E-state index contributed by atoms with van der Waals surface area (Å²) in [7, 11) is -2.09. The fourth-order valence-electron chi connectivity index (χ4n) is 2.42. The molecule has 0 heterocycles. The molecule has 2 aromatic carbocycles. The zero-order valence-corrected chi connectivity index (χ0v) is 15.3. The van der Waals surface area contributed by atoms with Crippen molar-refractivity contribution >= 4 is 21.6 Å². The molecule has 0 spiro atoms. The fraction of sp³-hybridized carbons (Fsp3) is 0.278. The van der Waals surface area contributed by atoms with Crippen LogP contribution in [-0.4, -0.2) is 21.4 Å². The second kappa shape index (κ2) is 8.24. The van der Waals surface area contributed by atoms with Gasteiger partial charge >= 0.3 is 0 Å². The van der Waals surface area contributed by atoms with Crippen molar-refractivity contribution in [2.75, 3.05) is 12.4 Å². The Bertz CT molecular complexity index is 863. The minimum absolute atomic E-state index is 0.145. The number of rotatable bonds is 7. The SMILES string of the molecule is COCc1cccc(CNS(=O)(=O)c2cc(NC(C)=O)ccc2C)c1. The number of nitrogens with one attached hydrogen (secondary N) is 2. The summed E-state index contributed by atoms with van der Waals surface area (Å²) in [4.78, 5) is 11.3. The first-order valence-corrected chi connectivity index (χ1v) is 9.25. The van der Waals surface area contributed by atoms with Crippen LogP contribution < -0.4 is 10.0 Å². The van der Waals surface area contributed by atoms with Gasteiger partial charge in [-0.25, -0.2) is 13.1 Å². The Morgan fingerprint density at radius 1 is 1.12 bits per heavy atom. The van der Waals surface area contributed by atoms with Crippen molar-refractivity contribution in [3.05, 3.63) is 59.2 Å². The highest BCUT2D eigenvalue weighted by molar-refractivity contribution is 7.89. The van der Waals surface area contributed by atoms with E-state index in [4.69, 9.17) is 4.74 Å². The van der Waals surface area contributed by atoms with Gasteiger partial charge in [-0.15, -0.1) is 0 Å². The number of anilines is 1. The van der Waals surface area contributed by atoms with Crippen molar-refractivity contribution in [1.82, 2.24) is 4.72 Å². The van der Waals surface area contributed by atoms with Gasteiger partial charge in [0, 0.05) is 26.3 Å². The van der Waals surface area contributed by atoms with Gasteiger partial charge in [0.15, 0.2) is 0 Å². The summed E-state index contributed by atoms with van der Waals surface area (Å²) >= 11 is 0. The quantitative estimate of drug-likeness (QED) is 0.793. The molecule has 0 saturated heterocycles. The molecular weight excluding hydrogens is 340 g/mol. The van der Waals surface area contributed by atoms with Gasteiger partial charge in [0.05, 0.1) is 11.5 Å². The van der Waals surface area contributed by atoms with Gasteiger partial charge in [-0.3, -0.25) is 4.79 Å². The number of benzene rings is 2. The summed E-state index contributed by atoms with van der Waals surface area (Å²) in [6.45, 7) is 3.73. The van der Waals surface area contributed by atoms with Crippen molar-refractivity contribution in [1.29, 1.82) is 0 Å². The number of hydrogen-bond acceptors (Lipinski definition) is 4. The van der Waals surface area contributed by atoms with Gasteiger partial charge in [0.2, 0.25) is 15.9 Å². The molecule has 0 aliphatic carbocycles. The van der Waals surface area contributed by atoms with Crippen LogP contribution in [0.15, 0.2) is 47.4 Å². The molecule has 1 amide bonds. The predicted octanol–water partition coefficient (Wildman–Crippen LogP) is 2.58. The number of sulfonamides is 1. The van der Waals surface area contributed by atoms with E-state index in [0.29, 0.717) is 17.9 Å². The van der Waals surface area contributed by atoms with E-state index in [1.54, 1.807) is 26.2 Å². The molecule has 2 rings (SSSR count). The molecule has 0 aromatic heterocycles. The summed E-state index contributed by atoms with van der Waals surface area (Å²) in [6, 6.07) is 12.3. The van der Waals surface area contributed by atoms with Gasteiger partial charge in [0.1, 0.15) is 0 Å². The van der Waals surface area contributed by atoms with E-state index in [2.05, 4.69) is 10.0 Å². The van der Waals surface area contributed by atoms with Crippen molar-refractivity contribution in [3.8, 4) is 0 Å². The maximum Gasteiger partial charge on any atom is 0.241 e. The molecule has 6 nitrogen and oxygen atoms in total. The number of aryl methyl sites for hydroxylation is 1. The van der Waals surface area contributed by atoms with Crippen molar-refractivity contribution < 1.29 is 17.9 Å². The lowest BCUT2D eigenvalue weighted by Crippen LogP contribution is -2.24. The number of ether oxygens (including phenoxy) is 1.